The maximum Gasteiger partial charge on any atom is 0.255 e. The van der Waals surface area contributed by atoms with Gasteiger partial charge in [-0.1, -0.05) is 11.6 Å². The maximum atomic E-state index is 12.2. The van der Waals surface area contributed by atoms with Crippen LogP contribution in [0.2, 0.25) is 5.02 Å². The molecule has 1 N–H and O–H groups in total. The van der Waals surface area contributed by atoms with Crippen molar-refractivity contribution >= 4 is 23.3 Å². The summed E-state index contributed by atoms with van der Waals surface area (Å²) in [6.07, 6.45) is 1.48. The average Bonchev–Trinajstić information content (AvgIpc) is 2.37. The summed E-state index contributed by atoms with van der Waals surface area (Å²) in [5, 5.41) is 3.40. The van der Waals surface area contributed by atoms with E-state index in [4.69, 9.17) is 16.3 Å². The third-order valence-electron chi connectivity index (χ3n) is 2.42. The molecule has 0 saturated heterocycles. The quantitative estimate of drug-likeness (QED) is 0.858. The zero-order valence-electron chi connectivity index (χ0n) is 10.9. The summed E-state index contributed by atoms with van der Waals surface area (Å²) in [5.41, 5.74) is 0.446. The van der Waals surface area contributed by atoms with Crippen molar-refractivity contribution in [2.75, 3.05) is 39.2 Å². The van der Waals surface area contributed by atoms with Gasteiger partial charge < -0.3 is 15.0 Å². The molecule has 0 unspecified atom stereocenters. The van der Waals surface area contributed by atoms with Crippen LogP contribution in [0, 0.1) is 0 Å². The van der Waals surface area contributed by atoms with Crippen LogP contribution in [0.15, 0.2) is 12.3 Å². The van der Waals surface area contributed by atoms with E-state index in [-0.39, 0.29) is 5.91 Å². The summed E-state index contributed by atoms with van der Waals surface area (Å²) in [4.78, 5) is 17.8. The van der Waals surface area contributed by atoms with Crippen LogP contribution in [0.25, 0.3) is 0 Å². The van der Waals surface area contributed by atoms with E-state index in [1.807, 2.05) is 6.92 Å². The molecule has 0 fully saturated rings. The van der Waals surface area contributed by atoms with Gasteiger partial charge >= 0.3 is 0 Å². The molecule has 0 aliphatic carbocycles. The first-order chi connectivity index (χ1) is 8.60. The molecule has 0 atom stereocenters. The number of carbonyl (C=O) groups excluding carboxylic acids is 1. The predicted molar refractivity (Wildman–Crippen MR) is 72.2 cm³/mol. The Morgan fingerprint density at radius 3 is 2.94 bits per heavy atom. The van der Waals surface area contributed by atoms with Crippen molar-refractivity contribution in [1.29, 1.82) is 0 Å². The smallest absolute Gasteiger partial charge is 0.255 e. The van der Waals surface area contributed by atoms with Crippen molar-refractivity contribution in [1.82, 2.24) is 9.88 Å². The lowest BCUT2D eigenvalue weighted by Gasteiger charge is -2.17. The van der Waals surface area contributed by atoms with Crippen molar-refractivity contribution in [2.45, 2.75) is 6.92 Å². The molecule has 18 heavy (non-hydrogen) atoms. The Morgan fingerprint density at radius 2 is 2.33 bits per heavy atom. The van der Waals surface area contributed by atoms with Gasteiger partial charge in [-0.05, 0) is 13.0 Å². The maximum absolute atomic E-state index is 12.2. The number of anilines is 1. The Morgan fingerprint density at radius 1 is 1.61 bits per heavy atom. The molecule has 1 rings (SSSR count). The standard InChI is InChI=1S/C12H18ClN3O2/c1-4-14-11-7-9(10(13)8-15-11)12(17)16(2)5-6-18-3/h7-8H,4-6H2,1-3H3,(H,14,15). The number of ether oxygens (including phenoxy) is 1. The number of aromatic nitrogens is 1. The fraction of sp³-hybridized carbons (Fsp3) is 0.500. The molecule has 5 nitrogen and oxygen atoms in total. The van der Waals surface area contributed by atoms with Crippen LogP contribution < -0.4 is 5.32 Å². The summed E-state index contributed by atoms with van der Waals surface area (Å²) in [6, 6.07) is 1.66. The molecular formula is C12H18ClN3O2. The number of hydrogen-bond acceptors (Lipinski definition) is 4. The number of amides is 1. The van der Waals surface area contributed by atoms with E-state index in [1.54, 1.807) is 25.1 Å². The van der Waals surface area contributed by atoms with E-state index >= 15 is 0 Å². The van der Waals surface area contributed by atoms with E-state index in [2.05, 4.69) is 10.3 Å². The van der Waals surface area contributed by atoms with Gasteiger partial charge in [-0.2, -0.15) is 0 Å². The molecular weight excluding hydrogens is 254 g/mol. The van der Waals surface area contributed by atoms with Gasteiger partial charge in [0.05, 0.1) is 17.2 Å². The van der Waals surface area contributed by atoms with Gasteiger partial charge in [0.25, 0.3) is 5.91 Å². The van der Waals surface area contributed by atoms with Gasteiger partial charge in [-0.3, -0.25) is 4.79 Å². The third kappa shape index (κ3) is 3.85. The zero-order valence-corrected chi connectivity index (χ0v) is 11.6. The van der Waals surface area contributed by atoms with Crippen LogP contribution >= 0.6 is 11.6 Å². The van der Waals surface area contributed by atoms with Gasteiger partial charge in [-0.15, -0.1) is 0 Å². The van der Waals surface area contributed by atoms with Gasteiger partial charge in [-0.25, -0.2) is 4.98 Å². The molecule has 1 aromatic rings. The van der Waals surface area contributed by atoms with E-state index in [0.29, 0.717) is 29.6 Å². The first kappa shape index (κ1) is 14.7. The Hall–Kier alpha value is -1.33. The van der Waals surface area contributed by atoms with Gasteiger partial charge in [0, 0.05) is 33.4 Å². The number of nitrogens with one attached hydrogen (secondary N) is 1. The first-order valence-electron chi connectivity index (χ1n) is 5.74. The second-order valence-electron chi connectivity index (χ2n) is 3.80. The lowest BCUT2D eigenvalue weighted by molar-refractivity contribution is 0.0744. The normalized spacial score (nSPS) is 10.2. The van der Waals surface area contributed by atoms with E-state index in [0.717, 1.165) is 6.54 Å². The summed E-state index contributed by atoms with van der Waals surface area (Å²) in [5.74, 6) is 0.504. The van der Waals surface area contributed by atoms with Crippen LogP contribution in [0.1, 0.15) is 17.3 Å². The highest BCUT2D eigenvalue weighted by atomic mass is 35.5. The molecule has 0 aromatic carbocycles. The van der Waals surface area contributed by atoms with Gasteiger partial charge in [0.1, 0.15) is 5.82 Å². The lowest BCUT2D eigenvalue weighted by atomic mass is 10.2. The Labute approximate surface area is 112 Å². The van der Waals surface area contributed by atoms with Gasteiger partial charge in [0.2, 0.25) is 0 Å². The molecule has 0 radical (unpaired) electrons. The van der Waals surface area contributed by atoms with E-state index in [9.17, 15) is 4.79 Å². The molecule has 100 valence electrons. The molecule has 1 aromatic heterocycles. The minimum atomic E-state index is -0.140. The number of pyridine rings is 1. The molecule has 6 heteroatoms. The first-order valence-corrected chi connectivity index (χ1v) is 6.11. The van der Waals surface area contributed by atoms with E-state index in [1.165, 1.54) is 6.20 Å². The van der Waals surface area contributed by atoms with Crippen molar-refractivity contribution in [3.63, 3.8) is 0 Å². The number of halogens is 1. The van der Waals surface area contributed by atoms with Crippen molar-refractivity contribution in [3.8, 4) is 0 Å². The Balaban J connectivity index is 2.86. The summed E-state index contributed by atoms with van der Waals surface area (Å²) < 4.78 is 4.94. The number of rotatable bonds is 6. The number of carbonyl (C=O) groups is 1. The molecule has 0 spiro atoms. The van der Waals surface area contributed by atoms with Crippen molar-refractivity contribution in [2.24, 2.45) is 0 Å². The molecule has 1 amide bonds. The summed E-state index contributed by atoms with van der Waals surface area (Å²) in [7, 11) is 3.31. The van der Waals surface area contributed by atoms with Crippen LogP contribution in [-0.4, -0.2) is 49.6 Å². The van der Waals surface area contributed by atoms with Crippen LogP contribution in [0.5, 0.6) is 0 Å². The second kappa shape index (κ2) is 7.18. The minimum Gasteiger partial charge on any atom is -0.383 e. The highest BCUT2D eigenvalue weighted by molar-refractivity contribution is 6.33. The number of hydrogen-bond donors (Lipinski definition) is 1. The molecule has 1 heterocycles. The van der Waals surface area contributed by atoms with Crippen LogP contribution in [0.3, 0.4) is 0 Å². The van der Waals surface area contributed by atoms with E-state index < -0.39 is 0 Å². The molecule has 0 bridgehead atoms. The number of methoxy groups -OCH3 is 1. The third-order valence-corrected chi connectivity index (χ3v) is 2.72. The Kier molecular flexibility index (Phi) is 5.88. The molecule has 0 saturated carbocycles. The highest BCUT2D eigenvalue weighted by Gasteiger charge is 2.16. The SMILES string of the molecule is CCNc1cc(C(=O)N(C)CCOC)c(Cl)cn1. The predicted octanol–water partition coefficient (Wildman–Crippen LogP) is 1.89. The monoisotopic (exact) mass is 271 g/mol. The van der Waals surface area contributed by atoms with Crippen LogP contribution in [-0.2, 0) is 4.74 Å². The molecule has 0 aliphatic heterocycles. The van der Waals surface area contributed by atoms with Crippen molar-refractivity contribution < 1.29 is 9.53 Å². The second-order valence-corrected chi connectivity index (χ2v) is 4.21. The highest BCUT2D eigenvalue weighted by Crippen LogP contribution is 2.19. The van der Waals surface area contributed by atoms with Crippen molar-refractivity contribution in [3.05, 3.63) is 22.8 Å². The topological polar surface area (TPSA) is 54.5 Å². The average molecular weight is 272 g/mol. The molecule has 0 aliphatic rings. The zero-order chi connectivity index (χ0) is 13.5. The Bertz CT molecular complexity index is 412. The minimum absolute atomic E-state index is 0.140. The number of likely N-dealkylation sites (N-methyl/N-ethyl adjacent to an activating group) is 1. The number of nitrogens with zero attached hydrogens (tertiary/aromatic N) is 2. The largest absolute Gasteiger partial charge is 0.383 e. The van der Waals surface area contributed by atoms with Crippen LogP contribution in [0.4, 0.5) is 5.82 Å². The fourth-order valence-corrected chi connectivity index (χ4v) is 1.60. The summed E-state index contributed by atoms with van der Waals surface area (Å²) >= 11 is 6.00. The van der Waals surface area contributed by atoms with Gasteiger partial charge in [0.15, 0.2) is 0 Å². The summed E-state index contributed by atoms with van der Waals surface area (Å²) in [6.45, 7) is 3.71. The lowest BCUT2D eigenvalue weighted by Crippen LogP contribution is -2.30. The fourth-order valence-electron chi connectivity index (χ4n) is 1.42.